The first-order chi connectivity index (χ1) is 8.08. The number of nitrogens with zero attached hydrogens (tertiary/aromatic N) is 1. The van der Waals surface area contributed by atoms with E-state index in [0.29, 0.717) is 0 Å². The van der Waals surface area contributed by atoms with E-state index in [1.165, 1.54) is 39.1 Å². The first-order valence-electron chi connectivity index (χ1n) is 6.14. The van der Waals surface area contributed by atoms with Gasteiger partial charge in [0.1, 0.15) is 0 Å². The van der Waals surface area contributed by atoms with Crippen molar-refractivity contribution in [3.05, 3.63) is 51.8 Å². The Morgan fingerprint density at radius 1 is 1.06 bits per heavy atom. The molecule has 2 aromatic rings. The molecule has 1 aromatic carbocycles. The van der Waals surface area contributed by atoms with Crippen molar-refractivity contribution in [1.29, 1.82) is 0 Å². The van der Waals surface area contributed by atoms with Crippen molar-refractivity contribution in [2.24, 2.45) is 0 Å². The molecule has 0 saturated carbocycles. The minimum absolute atomic E-state index is 1.07. The molecule has 0 atom stereocenters. The van der Waals surface area contributed by atoms with Crippen LogP contribution in [-0.2, 0) is 6.42 Å². The molecule has 0 radical (unpaired) electrons. The van der Waals surface area contributed by atoms with Gasteiger partial charge in [0.2, 0.25) is 0 Å². The molecule has 1 heteroatoms. The number of aryl methyl sites for hydroxylation is 3. The average molecular weight is 223 g/mol. The Morgan fingerprint density at radius 3 is 2.59 bits per heavy atom. The van der Waals surface area contributed by atoms with Gasteiger partial charge in [-0.2, -0.15) is 0 Å². The molecule has 17 heavy (non-hydrogen) atoms. The van der Waals surface area contributed by atoms with E-state index in [1.54, 1.807) is 0 Å². The van der Waals surface area contributed by atoms with Gasteiger partial charge in [-0.15, -0.1) is 0 Å². The average Bonchev–Trinajstić information content (AvgIpc) is 2.62. The molecule has 1 heterocycles. The molecule has 0 bridgehead atoms. The molecule has 0 aliphatic heterocycles. The Labute approximate surface area is 103 Å². The van der Waals surface area contributed by atoms with E-state index < -0.39 is 0 Å². The largest absolute Gasteiger partial charge is 0.258 e. The van der Waals surface area contributed by atoms with Crippen molar-refractivity contribution in [2.45, 2.75) is 34.1 Å². The number of hydrogen-bond donors (Lipinski definition) is 0. The summed E-state index contributed by atoms with van der Waals surface area (Å²) in [6.07, 6.45) is 1.07. The van der Waals surface area contributed by atoms with Gasteiger partial charge in [-0.05, 0) is 68.0 Å². The summed E-state index contributed by atoms with van der Waals surface area (Å²) in [7, 11) is 0. The highest BCUT2D eigenvalue weighted by molar-refractivity contribution is 5.80. The molecule has 1 aromatic heterocycles. The molecule has 0 amide bonds. The summed E-state index contributed by atoms with van der Waals surface area (Å²) in [5.41, 5.74) is 10.8. The van der Waals surface area contributed by atoms with Crippen LogP contribution in [0.2, 0.25) is 0 Å². The molecule has 0 N–H and O–H groups in total. The molecule has 3 rings (SSSR count). The zero-order chi connectivity index (χ0) is 12.2. The smallest absolute Gasteiger partial charge is 0.0457 e. The van der Waals surface area contributed by atoms with Gasteiger partial charge >= 0.3 is 0 Å². The van der Waals surface area contributed by atoms with Crippen LogP contribution in [0.5, 0.6) is 0 Å². The van der Waals surface area contributed by atoms with Crippen LogP contribution >= 0.6 is 0 Å². The fourth-order valence-electron chi connectivity index (χ4n) is 2.94. The molecule has 0 saturated heterocycles. The second-order valence-electron chi connectivity index (χ2n) is 5.09. The summed E-state index contributed by atoms with van der Waals surface area (Å²) in [4.78, 5) is 4.60. The molecule has 1 aliphatic rings. The second-order valence-corrected chi connectivity index (χ2v) is 5.09. The van der Waals surface area contributed by atoms with Crippen LogP contribution in [0, 0.1) is 27.7 Å². The number of rotatable bonds is 0. The van der Waals surface area contributed by atoms with Crippen LogP contribution < -0.4 is 0 Å². The molecule has 1 nitrogen and oxygen atoms in total. The van der Waals surface area contributed by atoms with Crippen molar-refractivity contribution in [1.82, 2.24) is 4.98 Å². The lowest BCUT2D eigenvalue weighted by atomic mass is 9.98. The second kappa shape index (κ2) is 3.43. The highest BCUT2D eigenvalue weighted by Crippen LogP contribution is 2.40. The van der Waals surface area contributed by atoms with Crippen LogP contribution in [0.3, 0.4) is 0 Å². The van der Waals surface area contributed by atoms with E-state index in [4.69, 9.17) is 0 Å². The summed E-state index contributed by atoms with van der Waals surface area (Å²) in [5.74, 6) is 0. The third-order valence-electron chi connectivity index (χ3n) is 3.92. The molecule has 1 aliphatic carbocycles. The van der Waals surface area contributed by atoms with Crippen molar-refractivity contribution in [3.8, 4) is 11.1 Å². The fraction of sp³-hybridized carbons (Fsp3) is 0.312. The first-order valence-corrected chi connectivity index (χ1v) is 6.14. The van der Waals surface area contributed by atoms with Gasteiger partial charge in [-0.25, -0.2) is 0 Å². The van der Waals surface area contributed by atoms with Gasteiger partial charge < -0.3 is 0 Å². The third-order valence-corrected chi connectivity index (χ3v) is 3.92. The van der Waals surface area contributed by atoms with Crippen LogP contribution in [0.15, 0.2) is 18.2 Å². The lowest BCUT2D eigenvalue weighted by molar-refractivity contribution is 1.10. The molecule has 0 unspecified atom stereocenters. The fourth-order valence-corrected chi connectivity index (χ4v) is 2.94. The molecular formula is C16H17N. The van der Waals surface area contributed by atoms with E-state index in [2.05, 4.69) is 50.9 Å². The standard InChI is InChI=1S/C16H17N/c1-9-5-6-14-15(11(9)3)8-13-7-10(2)17-12(4)16(13)14/h5-7H,8H2,1-4H3. The lowest BCUT2D eigenvalue weighted by Gasteiger charge is -2.08. The normalized spacial score (nSPS) is 12.5. The summed E-state index contributed by atoms with van der Waals surface area (Å²) >= 11 is 0. The minimum Gasteiger partial charge on any atom is -0.258 e. The van der Waals surface area contributed by atoms with Crippen LogP contribution in [0.25, 0.3) is 11.1 Å². The maximum absolute atomic E-state index is 4.60. The number of fused-ring (bicyclic) bond motifs is 3. The van der Waals surface area contributed by atoms with E-state index in [9.17, 15) is 0 Å². The highest BCUT2D eigenvalue weighted by atomic mass is 14.7. The number of hydrogen-bond acceptors (Lipinski definition) is 1. The van der Waals surface area contributed by atoms with Gasteiger partial charge in [-0.1, -0.05) is 12.1 Å². The van der Waals surface area contributed by atoms with Gasteiger partial charge in [-0.3, -0.25) is 4.98 Å². The number of benzene rings is 1. The summed E-state index contributed by atoms with van der Waals surface area (Å²) < 4.78 is 0. The van der Waals surface area contributed by atoms with Crippen molar-refractivity contribution in [2.75, 3.05) is 0 Å². The quantitative estimate of drug-likeness (QED) is 0.563. The van der Waals surface area contributed by atoms with Crippen molar-refractivity contribution >= 4 is 0 Å². The molecule has 0 fully saturated rings. The Balaban J connectivity index is 2.33. The number of pyridine rings is 1. The third kappa shape index (κ3) is 1.42. The Hall–Kier alpha value is -1.63. The molecule has 86 valence electrons. The van der Waals surface area contributed by atoms with Crippen molar-refractivity contribution < 1.29 is 0 Å². The highest BCUT2D eigenvalue weighted by Gasteiger charge is 2.23. The van der Waals surface area contributed by atoms with Gasteiger partial charge in [0.25, 0.3) is 0 Å². The first kappa shape index (κ1) is 10.5. The monoisotopic (exact) mass is 223 g/mol. The van der Waals surface area contributed by atoms with E-state index >= 15 is 0 Å². The topological polar surface area (TPSA) is 12.9 Å². The lowest BCUT2D eigenvalue weighted by Crippen LogP contribution is -1.91. The maximum Gasteiger partial charge on any atom is 0.0457 e. The van der Waals surface area contributed by atoms with E-state index in [0.717, 1.165) is 12.1 Å². The van der Waals surface area contributed by atoms with Crippen LogP contribution in [0.4, 0.5) is 0 Å². The number of aromatic nitrogens is 1. The van der Waals surface area contributed by atoms with Crippen molar-refractivity contribution in [3.63, 3.8) is 0 Å². The Bertz CT molecular complexity index is 624. The predicted octanol–water partition coefficient (Wildman–Crippen LogP) is 3.89. The summed E-state index contributed by atoms with van der Waals surface area (Å²) in [6.45, 7) is 8.62. The zero-order valence-electron chi connectivity index (χ0n) is 10.9. The minimum atomic E-state index is 1.07. The van der Waals surface area contributed by atoms with Gasteiger partial charge in [0, 0.05) is 17.0 Å². The Kier molecular flexibility index (Phi) is 2.12. The predicted molar refractivity (Wildman–Crippen MR) is 71.4 cm³/mol. The van der Waals surface area contributed by atoms with Gasteiger partial charge in [0.15, 0.2) is 0 Å². The zero-order valence-corrected chi connectivity index (χ0v) is 10.9. The van der Waals surface area contributed by atoms with Crippen LogP contribution in [0.1, 0.15) is 33.6 Å². The maximum atomic E-state index is 4.60. The van der Waals surface area contributed by atoms with Gasteiger partial charge in [0.05, 0.1) is 0 Å². The molecule has 0 spiro atoms. The summed E-state index contributed by atoms with van der Waals surface area (Å²) in [5, 5.41) is 0. The summed E-state index contributed by atoms with van der Waals surface area (Å²) in [6, 6.07) is 6.72. The van der Waals surface area contributed by atoms with Crippen LogP contribution in [-0.4, -0.2) is 4.98 Å². The Morgan fingerprint density at radius 2 is 1.82 bits per heavy atom. The van der Waals surface area contributed by atoms with E-state index in [-0.39, 0.29) is 0 Å². The SMILES string of the molecule is Cc1cc2c(c(C)n1)-c1ccc(C)c(C)c1C2. The van der Waals surface area contributed by atoms with E-state index in [1.807, 2.05) is 0 Å². The molecular weight excluding hydrogens is 206 g/mol.